The molecule has 2 nitrogen and oxygen atoms in total. The maximum atomic E-state index is 10.7. The first-order valence-corrected chi connectivity index (χ1v) is 6.01. The number of hydrogen-bond acceptors (Lipinski definition) is 1. The summed E-state index contributed by atoms with van der Waals surface area (Å²) in [4.78, 5) is 0. The summed E-state index contributed by atoms with van der Waals surface area (Å²) in [6.45, 7) is 5.67. The van der Waals surface area contributed by atoms with E-state index in [0.29, 0.717) is 0 Å². The third-order valence-corrected chi connectivity index (χ3v) is 2.29. The molecule has 0 rings (SSSR count). The van der Waals surface area contributed by atoms with Crippen molar-refractivity contribution in [1.82, 2.24) is 0 Å². The molecule has 0 bridgehead atoms. The van der Waals surface area contributed by atoms with Crippen LogP contribution >= 0.6 is 0 Å². The van der Waals surface area contributed by atoms with E-state index in [9.17, 15) is 5.11 Å². The normalized spacial score (nSPS) is 13.1. The maximum Gasteiger partial charge on any atom is 0.0902 e. The lowest BCUT2D eigenvalue weighted by molar-refractivity contribution is 0.0870. The fraction of sp³-hybridized carbons (Fsp3) is 1.00. The van der Waals surface area contributed by atoms with E-state index in [1.54, 1.807) is 6.92 Å². The Bertz CT molecular complexity index is 102. The van der Waals surface area contributed by atoms with Crippen molar-refractivity contribution in [3.05, 3.63) is 0 Å². The van der Waals surface area contributed by atoms with Crippen LogP contribution in [0.4, 0.5) is 0 Å². The zero-order chi connectivity index (χ0) is 10.6. The van der Waals surface area contributed by atoms with E-state index in [1.807, 2.05) is 0 Å². The Morgan fingerprint density at radius 1 is 1.00 bits per heavy atom. The third kappa shape index (κ3) is 11.9. The minimum Gasteiger partial charge on any atom is -0.381 e. The number of hydrogen-bond donors (Lipinski definition) is 0. The SMILES string of the molecule is CCCCCCOCCCCC(C)[O]. The van der Waals surface area contributed by atoms with Crippen LogP contribution in [0.1, 0.15) is 58.8 Å². The van der Waals surface area contributed by atoms with E-state index in [0.717, 1.165) is 32.5 Å². The first-order chi connectivity index (χ1) is 6.77. The molecule has 0 aromatic heterocycles. The molecule has 0 saturated heterocycles. The van der Waals surface area contributed by atoms with Crippen LogP contribution in [-0.4, -0.2) is 19.3 Å². The molecule has 85 valence electrons. The molecule has 0 fully saturated rings. The second-order valence-corrected chi connectivity index (χ2v) is 3.98. The van der Waals surface area contributed by atoms with E-state index in [-0.39, 0.29) is 0 Å². The lowest BCUT2D eigenvalue weighted by atomic mass is 10.2. The molecule has 1 atom stereocenters. The minimum absolute atomic E-state index is 0.403. The summed E-state index contributed by atoms with van der Waals surface area (Å²) in [5.41, 5.74) is 0. The second-order valence-electron chi connectivity index (χ2n) is 3.98. The van der Waals surface area contributed by atoms with Gasteiger partial charge >= 0.3 is 0 Å². The van der Waals surface area contributed by atoms with Crippen LogP contribution in [0.2, 0.25) is 0 Å². The standard InChI is InChI=1S/C12H25O2/c1-3-4-5-7-10-14-11-8-6-9-12(2)13/h12H,3-11H2,1-2H3. The van der Waals surface area contributed by atoms with E-state index in [2.05, 4.69) is 6.92 Å². The minimum atomic E-state index is -0.403. The molecule has 0 aliphatic carbocycles. The van der Waals surface area contributed by atoms with Crippen LogP contribution in [0.15, 0.2) is 0 Å². The van der Waals surface area contributed by atoms with E-state index >= 15 is 0 Å². The molecule has 0 aromatic carbocycles. The molecule has 0 aromatic rings. The van der Waals surface area contributed by atoms with Gasteiger partial charge in [-0.2, -0.15) is 0 Å². The topological polar surface area (TPSA) is 29.1 Å². The molecule has 1 unspecified atom stereocenters. The molecular weight excluding hydrogens is 176 g/mol. The lowest BCUT2D eigenvalue weighted by Crippen LogP contribution is -2.00. The molecule has 0 aliphatic heterocycles. The lowest BCUT2D eigenvalue weighted by Gasteiger charge is -2.04. The highest BCUT2D eigenvalue weighted by Crippen LogP contribution is 2.02. The zero-order valence-electron chi connectivity index (χ0n) is 9.76. The Labute approximate surface area is 88.7 Å². The quantitative estimate of drug-likeness (QED) is 0.497. The molecule has 0 N–H and O–H groups in total. The van der Waals surface area contributed by atoms with Gasteiger partial charge in [-0.15, -0.1) is 0 Å². The predicted octanol–water partition coefficient (Wildman–Crippen LogP) is 3.57. The van der Waals surface area contributed by atoms with Crippen LogP contribution in [0.25, 0.3) is 0 Å². The molecule has 1 radical (unpaired) electrons. The van der Waals surface area contributed by atoms with Crippen molar-refractivity contribution in [2.75, 3.05) is 13.2 Å². The number of unbranched alkanes of at least 4 members (excludes halogenated alkanes) is 4. The van der Waals surface area contributed by atoms with Gasteiger partial charge in [-0.3, -0.25) is 0 Å². The van der Waals surface area contributed by atoms with Gasteiger partial charge in [0.15, 0.2) is 0 Å². The van der Waals surface area contributed by atoms with Gasteiger partial charge in [-0.1, -0.05) is 26.2 Å². The number of rotatable bonds is 10. The van der Waals surface area contributed by atoms with Crippen LogP contribution < -0.4 is 0 Å². The Morgan fingerprint density at radius 3 is 2.21 bits per heavy atom. The average molecular weight is 201 g/mol. The summed E-state index contributed by atoms with van der Waals surface area (Å²) in [5.74, 6) is 0. The average Bonchev–Trinajstić information content (AvgIpc) is 2.15. The second kappa shape index (κ2) is 11.0. The highest BCUT2D eigenvalue weighted by atomic mass is 16.5. The summed E-state index contributed by atoms with van der Waals surface area (Å²) in [7, 11) is 0. The van der Waals surface area contributed by atoms with Gasteiger partial charge in [0.05, 0.1) is 6.10 Å². The van der Waals surface area contributed by atoms with Crippen molar-refractivity contribution < 1.29 is 9.84 Å². The summed E-state index contributed by atoms with van der Waals surface area (Å²) < 4.78 is 5.46. The summed E-state index contributed by atoms with van der Waals surface area (Å²) >= 11 is 0. The monoisotopic (exact) mass is 201 g/mol. The fourth-order valence-electron chi connectivity index (χ4n) is 1.37. The van der Waals surface area contributed by atoms with Gasteiger partial charge in [0.2, 0.25) is 0 Å². The zero-order valence-corrected chi connectivity index (χ0v) is 9.76. The predicted molar refractivity (Wildman–Crippen MR) is 59.0 cm³/mol. The van der Waals surface area contributed by atoms with Crippen molar-refractivity contribution in [2.24, 2.45) is 0 Å². The van der Waals surface area contributed by atoms with Crippen LogP contribution in [0.3, 0.4) is 0 Å². The van der Waals surface area contributed by atoms with E-state index in [1.165, 1.54) is 25.7 Å². The van der Waals surface area contributed by atoms with Gasteiger partial charge in [-0.25, -0.2) is 5.11 Å². The molecule has 0 heterocycles. The van der Waals surface area contributed by atoms with Gasteiger partial charge in [-0.05, 0) is 32.6 Å². The fourth-order valence-corrected chi connectivity index (χ4v) is 1.37. The van der Waals surface area contributed by atoms with Gasteiger partial charge in [0.1, 0.15) is 0 Å². The third-order valence-electron chi connectivity index (χ3n) is 2.29. The van der Waals surface area contributed by atoms with E-state index in [4.69, 9.17) is 4.74 Å². The Kier molecular flexibility index (Phi) is 10.9. The number of ether oxygens (including phenoxy) is 1. The van der Waals surface area contributed by atoms with Crippen LogP contribution in [0.5, 0.6) is 0 Å². The van der Waals surface area contributed by atoms with E-state index < -0.39 is 6.10 Å². The van der Waals surface area contributed by atoms with Crippen molar-refractivity contribution in [3.8, 4) is 0 Å². The molecule has 0 aliphatic rings. The molecule has 0 saturated carbocycles. The van der Waals surface area contributed by atoms with Gasteiger partial charge < -0.3 is 4.74 Å². The summed E-state index contributed by atoms with van der Waals surface area (Å²) in [6, 6.07) is 0. The Morgan fingerprint density at radius 2 is 1.64 bits per heavy atom. The highest BCUT2D eigenvalue weighted by molar-refractivity contribution is 4.47. The van der Waals surface area contributed by atoms with Crippen LogP contribution in [-0.2, 0) is 9.84 Å². The van der Waals surface area contributed by atoms with Crippen LogP contribution in [0, 0.1) is 0 Å². The van der Waals surface area contributed by atoms with Crippen molar-refractivity contribution in [1.29, 1.82) is 0 Å². The highest BCUT2D eigenvalue weighted by Gasteiger charge is 1.96. The Hall–Kier alpha value is -0.0800. The van der Waals surface area contributed by atoms with Crippen molar-refractivity contribution >= 4 is 0 Å². The summed E-state index contributed by atoms with van der Waals surface area (Å²) in [6.07, 6.45) is 7.51. The van der Waals surface area contributed by atoms with Crippen molar-refractivity contribution in [3.63, 3.8) is 0 Å². The molecular formula is C12H25O2. The molecule has 0 spiro atoms. The first kappa shape index (κ1) is 13.9. The smallest absolute Gasteiger partial charge is 0.0902 e. The Balaban J connectivity index is 2.85. The first-order valence-electron chi connectivity index (χ1n) is 6.01. The summed E-state index contributed by atoms with van der Waals surface area (Å²) in [5, 5.41) is 10.7. The van der Waals surface area contributed by atoms with Gasteiger partial charge in [0.25, 0.3) is 0 Å². The maximum absolute atomic E-state index is 10.7. The molecule has 0 amide bonds. The largest absolute Gasteiger partial charge is 0.381 e. The van der Waals surface area contributed by atoms with Gasteiger partial charge in [0, 0.05) is 13.2 Å². The van der Waals surface area contributed by atoms with Crippen molar-refractivity contribution in [2.45, 2.75) is 64.9 Å². The molecule has 2 heteroatoms. The molecule has 14 heavy (non-hydrogen) atoms.